The van der Waals surface area contributed by atoms with Crippen molar-refractivity contribution in [2.45, 2.75) is 6.54 Å². The molecule has 5 nitrogen and oxygen atoms in total. The number of pyridine rings is 1. The number of ether oxygens (including phenoxy) is 1. The molecule has 0 atom stereocenters. The summed E-state index contributed by atoms with van der Waals surface area (Å²) in [6.07, 6.45) is 1.63. The molecule has 0 unspecified atom stereocenters. The van der Waals surface area contributed by atoms with Gasteiger partial charge >= 0.3 is 0 Å². The lowest BCUT2D eigenvalue weighted by Gasteiger charge is -2.10. The monoisotopic (exact) mass is 291 g/mol. The first-order valence-electron chi connectivity index (χ1n) is 5.93. The third kappa shape index (κ3) is 3.19. The summed E-state index contributed by atoms with van der Waals surface area (Å²) in [6, 6.07) is 8.37. The second kappa shape index (κ2) is 6.25. The maximum absolute atomic E-state index is 12.1. The Labute approximate surface area is 121 Å². The van der Waals surface area contributed by atoms with Crippen molar-refractivity contribution in [2.24, 2.45) is 0 Å². The van der Waals surface area contributed by atoms with Crippen molar-refractivity contribution >= 4 is 23.2 Å². The number of hydrogen-bond donors (Lipinski definition) is 2. The maximum Gasteiger partial charge on any atom is 0.253 e. The fraction of sp³-hybridized carbons (Fsp3) is 0.143. The van der Waals surface area contributed by atoms with Crippen LogP contribution in [-0.2, 0) is 6.54 Å². The summed E-state index contributed by atoms with van der Waals surface area (Å²) in [7, 11) is 1.53. The van der Waals surface area contributed by atoms with E-state index in [2.05, 4.69) is 10.3 Å². The summed E-state index contributed by atoms with van der Waals surface area (Å²) < 4.78 is 5.12. The molecule has 1 heterocycles. The Morgan fingerprint density at radius 3 is 2.95 bits per heavy atom. The summed E-state index contributed by atoms with van der Waals surface area (Å²) in [5, 5.41) is 3.26. The van der Waals surface area contributed by atoms with Crippen LogP contribution in [0.15, 0.2) is 36.5 Å². The fourth-order valence-corrected chi connectivity index (χ4v) is 1.93. The first-order chi connectivity index (χ1) is 9.61. The highest BCUT2D eigenvalue weighted by Crippen LogP contribution is 2.18. The van der Waals surface area contributed by atoms with Crippen molar-refractivity contribution in [3.8, 4) is 5.88 Å². The first kappa shape index (κ1) is 14.1. The molecule has 6 heteroatoms. The van der Waals surface area contributed by atoms with E-state index in [4.69, 9.17) is 22.1 Å². The molecule has 0 aliphatic carbocycles. The SMILES string of the molecule is COc1ncccc1CNC(=O)c1ccc(Cl)cc1N. The summed E-state index contributed by atoms with van der Waals surface area (Å²) in [5.41, 5.74) is 7.28. The number of nitrogens with one attached hydrogen (secondary N) is 1. The summed E-state index contributed by atoms with van der Waals surface area (Å²) in [4.78, 5) is 16.1. The van der Waals surface area contributed by atoms with Gasteiger partial charge in [-0.1, -0.05) is 17.7 Å². The molecule has 0 aliphatic heterocycles. The molecular formula is C14H14ClN3O2. The molecule has 0 radical (unpaired) electrons. The maximum atomic E-state index is 12.1. The Bertz CT molecular complexity index is 632. The van der Waals surface area contributed by atoms with Gasteiger partial charge in [0.15, 0.2) is 0 Å². The quantitative estimate of drug-likeness (QED) is 0.847. The van der Waals surface area contributed by atoms with E-state index in [1.54, 1.807) is 30.5 Å². The van der Waals surface area contributed by atoms with Crippen LogP contribution in [0.3, 0.4) is 0 Å². The van der Waals surface area contributed by atoms with Crippen LogP contribution in [0.4, 0.5) is 5.69 Å². The van der Waals surface area contributed by atoms with E-state index >= 15 is 0 Å². The molecule has 0 fully saturated rings. The normalized spacial score (nSPS) is 10.1. The average Bonchev–Trinajstić information content (AvgIpc) is 2.45. The summed E-state index contributed by atoms with van der Waals surface area (Å²) in [6.45, 7) is 0.303. The number of amides is 1. The number of methoxy groups -OCH3 is 1. The van der Waals surface area contributed by atoms with E-state index in [-0.39, 0.29) is 5.91 Å². The number of carbonyl (C=O) groups excluding carboxylic acids is 1. The summed E-state index contributed by atoms with van der Waals surface area (Å²) >= 11 is 5.80. The van der Waals surface area contributed by atoms with Crippen molar-refractivity contribution < 1.29 is 9.53 Å². The van der Waals surface area contributed by atoms with Crippen molar-refractivity contribution in [1.29, 1.82) is 0 Å². The van der Waals surface area contributed by atoms with Gasteiger partial charge in [-0.2, -0.15) is 0 Å². The van der Waals surface area contributed by atoms with Crippen molar-refractivity contribution in [1.82, 2.24) is 10.3 Å². The number of rotatable bonds is 4. The highest BCUT2D eigenvalue weighted by Gasteiger charge is 2.11. The largest absolute Gasteiger partial charge is 0.481 e. The van der Waals surface area contributed by atoms with Gasteiger partial charge in [0, 0.05) is 29.0 Å². The lowest BCUT2D eigenvalue weighted by atomic mass is 10.1. The van der Waals surface area contributed by atoms with Crippen LogP contribution < -0.4 is 15.8 Å². The topological polar surface area (TPSA) is 77.2 Å². The Kier molecular flexibility index (Phi) is 4.42. The zero-order valence-electron chi connectivity index (χ0n) is 10.9. The number of hydrogen-bond acceptors (Lipinski definition) is 4. The van der Waals surface area contributed by atoms with E-state index in [9.17, 15) is 4.79 Å². The molecule has 3 N–H and O–H groups in total. The van der Waals surface area contributed by atoms with Gasteiger partial charge in [-0.3, -0.25) is 4.79 Å². The number of nitrogens with zero attached hydrogens (tertiary/aromatic N) is 1. The van der Waals surface area contributed by atoms with Gasteiger partial charge < -0.3 is 15.8 Å². The minimum absolute atomic E-state index is 0.273. The lowest BCUT2D eigenvalue weighted by molar-refractivity contribution is 0.0951. The predicted molar refractivity (Wildman–Crippen MR) is 77.8 cm³/mol. The lowest BCUT2D eigenvalue weighted by Crippen LogP contribution is -2.24. The fourth-order valence-electron chi connectivity index (χ4n) is 1.75. The number of carbonyl (C=O) groups is 1. The molecule has 1 aromatic heterocycles. The smallest absolute Gasteiger partial charge is 0.253 e. The highest BCUT2D eigenvalue weighted by atomic mass is 35.5. The molecule has 0 aliphatic rings. The van der Waals surface area contributed by atoms with E-state index in [1.807, 2.05) is 6.07 Å². The first-order valence-corrected chi connectivity index (χ1v) is 6.30. The molecule has 0 spiro atoms. The van der Waals surface area contributed by atoms with Gasteiger partial charge in [0.05, 0.1) is 12.7 Å². The minimum atomic E-state index is -0.273. The van der Waals surface area contributed by atoms with Crippen molar-refractivity contribution in [3.63, 3.8) is 0 Å². The Morgan fingerprint density at radius 2 is 2.25 bits per heavy atom. The Balaban J connectivity index is 2.09. The van der Waals surface area contributed by atoms with Gasteiger partial charge in [0.25, 0.3) is 5.91 Å². The molecule has 0 saturated heterocycles. The number of anilines is 1. The van der Waals surface area contributed by atoms with E-state index in [1.165, 1.54) is 7.11 Å². The molecular weight excluding hydrogens is 278 g/mol. The molecule has 0 bridgehead atoms. The molecule has 1 amide bonds. The summed E-state index contributed by atoms with van der Waals surface area (Å²) in [5.74, 6) is 0.210. The van der Waals surface area contributed by atoms with E-state index in [0.29, 0.717) is 28.7 Å². The van der Waals surface area contributed by atoms with Crippen LogP contribution in [0.25, 0.3) is 0 Å². The van der Waals surface area contributed by atoms with Crippen LogP contribution in [0, 0.1) is 0 Å². The van der Waals surface area contributed by atoms with Crippen LogP contribution in [-0.4, -0.2) is 18.0 Å². The zero-order chi connectivity index (χ0) is 14.5. The molecule has 2 aromatic rings. The van der Waals surface area contributed by atoms with Crippen LogP contribution >= 0.6 is 11.6 Å². The van der Waals surface area contributed by atoms with Crippen LogP contribution in [0.5, 0.6) is 5.88 Å². The Morgan fingerprint density at radius 1 is 1.45 bits per heavy atom. The molecule has 104 valence electrons. The number of benzene rings is 1. The molecule has 2 rings (SSSR count). The Hall–Kier alpha value is -2.27. The van der Waals surface area contributed by atoms with Gasteiger partial charge in [-0.05, 0) is 24.3 Å². The van der Waals surface area contributed by atoms with Gasteiger partial charge in [-0.25, -0.2) is 4.98 Å². The molecule has 0 saturated carbocycles. The van der Waals surface area contributed by atoms with Crippen LogP contribution in [0.1, 0.15) is 15.9 Å². The number of aromatic nitrogens is 1. The van der Waals surface area contributed by atoms with Gasteiger partial charge in [-0.15, -0.1) is 0 Å². The average molecular weight is 292 g/mol. The third-order valence-corrected chi connectivity index (χ3v) is 2.98. The van der Waals surface area contributed by atoms with E-state index in [0.717, 1.165) is 5.56 Å². The highest BCUT2D eigenvalue weighted by molar-refractivity contribution is 6.31. The number of halogens is 1. The van der Waals surface area contributed by atoms with Crippen molar-refractivity contribution in [3.05, 3.63) is 52.7 Å². The number of nitrogens with two attached hydrogens (primary N) is 1. The van der Waals surface area contributed by atoms with Crippen molar-refractivity contribution in [2.75, 3.05) is 12.8 Å². The van der Waals surface area contributed by atoms with E-state index < -0.39 is 0 Å². The van der Waals surface area contributed by atoms with Crippen LogP contribution in [0.2, 0.25) is 5.02 Å². The molecule has 20 heavy (non-hydrogen) atoms. The standard InChI is InChI=1S/C14H14ClN3O2/c1-20-14-9(3-2-6-17-14)8-18-13(19)11-5-4-10(15)7-12(11)16/h2-7H,8,16H2,1H3,(H,18,19). The second-order valence-electron chi connectivity index (χ2n) is 4.09. The number of nitrogen functional groups attached to an aromatic ring is 1. The van der Waals surface area contributed by atoms with Gasteiger partial charge in [0.2, 0.25) is 5.88 Å². The predicted octanol–water partition coefficient (Wildman–Crippen LogP) is 2.26. The van der Waals surface area contributed by atoms with Gasteiger partial charge in [0.1, 0.15) is 0 Å². The second-order valence-corrected chi connectivity index (χ2v) is 4.52. The minimum Gasteiger partial charge on any atom is -0.481 e. The molecule has 1 aromatic carbocycles. The zero-order valence-corrected chi connectivity index (χ0v) is 11.6. The third-order valence-electron chi connectivity index (χ3n) is 2.74.